The quantitative estimate of drug-likeness (QED) is 0.153. The van der Waals surface area contributed by atoms with Gasteiger partial charge in [-0.25, -0.2) is 19.8 Å². The van der Waals surface area contributed by atoms with Gasteiger partial charge in [0.05, 0.1) is 6.57 Å². The molecule has 0 atom stereocenters. The summed E-state index contributed by atoms with van der Waals surface area (Å²) in [5.41, 5.74) is 13.5. The third-order valence-corrected chi connectivity index (χ3v) is 10.4. The minimum absolute atomic E-state index is 0.544. The van der Waals surface area contributed by atoms with Crippen molar-refractivity contribution in [1.29, 1.82) is 0 Å². The van der Waals surface area contributed by atoms with E-state index in [1.165, 1.54) is 11.1 Å². The van der Waals surface area contributed by atoms with Gasteiger partial charge in [-0.1, -0.05) is 164 Å². The molecule has 2 aromatic heterocycles. The van der Waals surface area contributed by atoms with Crippen molar-refractivity contribution >= 4 is 27.6 Å². The zero-order valence-corrected chi connectivity index (χ0v) is 30.7. The SMILES string of the molecule is [C-]#[N+]c1ccc(-c2cccc(-c3nc(-c4ccc5c(c4)oc4cccc(-c6cccc(-c7ccccc7)c6)c45)nc(-c4ccccc4-c4ccccc4)n3)c2)cc1. The molecule has 57 heavy (non-hydrogen) atoms. The van der Waals surface area contributed by atoms with E-state index in [4.69, 9.17) is 25.9 Å². The van der Waals surface area contributed by atoms with E-state index in [-0.39, 0.29) is 0 Å². The van der Waals surface area contributed by atoms with Gasteiger partial charge in [-0.2, -0.15) is 0 Å². The molecule has 0 aliphatic heterocycles. The normalized spacial score (nSPS) is 11.1. The summed E-state index contributed by atoms with van der Waals surface area (Å²) in [5, 5.41) is 2.09. The molecule has 0 spiro atoms. The summed E-state index contributed by atoms with van der Waals surface area (Å²) in [4.78, 5) is 19.0. The topological polar surface area (TPSA) is 56.2 Å². The minimum Gasteiger partial charge on any atom is -0.456 e. The van der Waals surface area contributed by atoms with Crippen molar-refractivity contribution in [3.05, 3.63) is 206 Å². The van der Waals surface area contributed by atoms with Gasteiger partial charge in [-0.15, -0.1) is 0 Å². The van der Waals surface area contributed by atoms with Crippen molar-refractivity contribution in [1.82, 2.24) is 15.0 Å². The Bertz CT molecular complexity index is 3130. The van der Waals surface area contributed by atoms with Crippen LogP contribution in [0.25, 0.3) is 105 Å². The van der Waals surface area contributed by atoms with Crippen molar-refractivity contribution in [2.24, 2.45) is 0 Å². The lowest BCUT2D eigenvalue weighted by Crippen LogP contribution is -2.01. The van der Waals surface area contributed by atoms with Crippen molar-refractivity contribution in [2.45, 2.75) is 0 Å². The fraction of sp³-hybridized carbons (Fsp3) is 0. The highest BCUT2D eigenvalue weighted by atomic mass is 16.3. The molecule has 10 aromatic rings. The minimum atomic E-state index is 0.544. The Labute approximate surface area is 330 Å². The maximum Gasteiger partial charge on any atom is 0.187 e. The van der Waals surface area contributed by atoms with Gasteiger partial charge in [0.15, 0.2) is 23.2 Å². The van der Waals surface area contributed by atoms with Gasteiger partial charge in [0, 0.05) is 27.5 Å². The second-order valence-electron chi connectivity index (χ2n) is 13.9. The van der Waals surface area contributed by atoms with E-state index in [0.29, 0.717) is 23.2 Å². The fourth-order valence-electron chi connectivity index (χ4n) is 7.57. The van der Waals surface area contributed by atoms with Gasteiger partial charge in [0.1, 0.15) is 11.2 Å². The number of aromatic nitrogens is 3. The zero-order chi connectivity index (χ0) is 38.1. The Kier molecular flexibility index (Phi) is 8.48. The number of benzene rings is 8. The van der Waals surface area contributed by atoms with Crippen LogP contribution in [0.3, 0.4) is 0 Å². The molecule has 10 rings (SSSR count). The smallest absolute Gasteiger partial charge is 0.187 e. The molecule has 266 valence electrons. The Morgan fingerprint density at radius 2 is 0.860 bits per heavy atom. The predicted molar refractivity (Wildman–Crippen MR) is 231 cm³/mol. The van der Waals surface area contributed by atoms with E-state index < -0.39 is 0 Å². The predicted octanol–water partition coefficient (Wildman–Crippen LogP) is 14.0. The Morgan fingerprint density at radius 1 is 0.351 bits per heavy atom. The van der Waals surface area contributed by atoms with E-state index in [0.717, 1.165) is 72.0 Å². The molecule has 5 heteroatoms. The van der Waals surface area contributed by atoms with Crippen LogP contribution in [0, 0.1) is 6.57 Å². The number of hydrogen-bond donors (Lipinski definition) is 0. The highest BCUT2D eigenvalue weighted by Crippen LogP contribution is 2.40. The van der Waals surface area contributed by atoms with Crippen LogP contribution >= 0.6 is 0 Å². The summed E-state index contributed by atoms with van der Waals surface area (Å²) in [6.07, 6.45) is 0. The summed E-state index contributed by atoms with van der Waals surface area (Å²) in [6, 6.07) is 66.0. The van der Waals surface area contributed by atoms with Crippen LogP contribution in [-0.2, 0) is 0 Å². The van der Waals surface area contributed by atoms with Crippen LogP contribution in [0.1, 0.15) is 0 Å². The molecular formula is C52H32N4O. The van der Waals surface area contributed by atoms with Gasteiger partial charge in [-0.05, 0) is 74.8 Å². The Hall–Kier alpha value is -7.94. The summed E-state index contributed by atoms with van der Waals surface area (Å²) < 4.78 is 6.59. The van der Waals surface area contributed by atoms with Gasteiger partial charge in [0.2, 0.25) is 0 Å². The number of rotatable bonds is 7. The van der Waals surface area contributed by atoms with Crippen molar-refractivity contribution < 1.29 is 4.42 Å². The molecule has 2 heterocycles. The molecule has 0 N–H and O–H groups in total. The molecule has 0 aliphatic rings. The first kappa shape index (κ1) is 33.6. The number of nitrogens with zero attached hydrogens (tertiary/aromatic N) is 4. The van der Waals surface area contributed by atoms with Crippen LogP contribution in [0.2, 0.25) is 0 Å². The van der Waals surface area contributed by atoms with Crippen LogP contribution in [0.4, 0.5) is 5.69 Å². The summed E-state index contributed by atoms with van der Waals surface area (Å²) in [6.45, 7) is 7.37. The van der Waals surface area contributed by atoms with E-state index in [1.807, 2.05) is 84.9 Å². The lowest BCUT2D eigenvalue weighted by molar-refractivity contribution is 0.669. The maximum atomic E-state index is 7.37. The maximum absolute atomic E-state index is 7.37. The summed E-state index contributed by atoms with van der Waals surface area (Å²) >= 11 is 0. The monoisotopic (exact) mass is 728 g/mol. The average molecular weight is 729 g/mol. The average Bonchev–Trinajstić information content (AvgIpc) is 3.68. The Balaban J connectivity index is 1.12. The molecule has 0 radical (unpaired) electrons. The van der Waals surface area contributed by atoms with Crippen LogP contribution in [0.5, 0.6) is 0 Å². The molecule has 0 aliphatic carbocycles. The highest BCUT2D eigenvalue weighted by Gasteiger charge is 2.19. The fourth-order valence-corrected chi connectivity index (χ4v) is 7.57. The number of fused-ring (bicyclic) bond motifs is 3. The molecular weight excluding hydrogens is 697 g/mol. The van der Waals surface area contributed by atoms with Gasteiger partial charge in [-0.3, -0.25) is 0 Å². The zero-order valence-electron chi connectivity index (χ0n) is 30.7. The molecule has 0 bridgehead atoms. The van der Waals surface area contributed by atoms with Gasteiger partial charge >= 0.3 is 0 Å². The van der Waals surface area contributed by atoms with Crippen molar-refractivity contribution in [3.8, 4) is 78.7 Å². The first-order chi connectivity index (χ1) is 28.2. The first-order valence-corrected chi connectivity index (χ1v) is 18.8. The summed E-state index contributed by atoms with van der Waals surface area (Å²) in [7, 11) is 0. The third kappa shape index (κ3) is 6.42. The second-order valence-corrected chi connectivity index (χ2v) is 13.9. The molecule has 0 saturated heterocycles. The van der Waals surface area contributed by atoms with Crippen molar-refractivity contribution in [3.63, 3.8) is 0 Å². The molecule has 5 nitrogen and oxygen atoms in total. The highest BCUT2D eigenvalue weighted by molar-refractivity contribution is 6.13. The Morgan fingerprint density at radius 3 is 1.58 bits per heavy atom. The van der Waals surface area contributed by atoms with E-state index in [2.05, 4.69) is 114 Å². The van der Waals surface area contributed by atoms with Gasteiger partial charge < -0.3 is 4.42 Å². The lowest BCUT2D eigenvalue weighted by Gasteiger charge is -2.12. The van der Waals surface area contributed by atoms with Crippen LogP contribution in [-0.4, -0.2) is 15.0 Å². The number of furan rings is 1. The number of hydrogen-bond acceptors (Lipinski definition) is 4. The van der Waals surface area contributed by atoms with Crippen molar-refractivity contribution in [2.75, 3.05) is 0 Å². The molecule has 0 amide bonds. The van der Waals surface area contributed by atoms with Crippen LogP contribution < -0.4 is 0 Å². The molecule has 0 unspecified atom stereocenters. The largest absolute Gasteiger partial charge is 0.456 e. The first-order valence-electron chi connectivity index (χ1n) is 18.8. The third-order valence-electron chi connectivity index (χ3n) is 10.4. The molecule has 8 aromatic carbocycles. The van der Waals surface area contributed by atoms with Gasteiger partial charge in [0.25, 0.3) is 0 Å². The molecule has 0 saturated carbocycles. The van der Waals surface area contributed by atoms with E-state index in [1.54, 1.807) is 0 Å². The van der Waals surface area contributed by atoms with E-state index >= 15 is 0 Å². The second kappa shape index (κ2) is 14.4. The van der Waals surface area contributed by atoms with E-state index in [9.17, 15) is 0 Å². The molecule has 0 fully saturated rings. The van der Waals surface area contributed by atoms with Crippen LogP contribution in [0.15, 0.2) is 199 Å². The lowest BCUT2D eigenvalue weighted by atomic mass is 9.96. The summed E-state index contributed by atoms with van der Waals surface area (Å²) in [5.74, 6) is 1.68. The standard InChI is InChI=1S/C52H32N4O/c1-53-42-28-25-35(26-29-42)38-18-11-20-40(32-38)50-54-51(56-52(55-50)45-22-9-8-21-43(45)36-15-6-3-7-16-36)41-27-30-46-48(33-41)57-47-24-12-23-44(49(46)47)39-19-10-17-37(31-39)34-13-4-2-5-14-34/h2-33H.